The van der Waals surface area contributed by atoms with Crippen LogP contribution in [0.3, 0.4) is 0 Å². The van der Waals surface area contributed by atoms with Gasteiger partial charge in [0.25, 0.3) is 5.91 Å². The minimum absolute atomic E-state index is 0.174. The second-order valence-corrected chi connectivity index (χ2v) is 5.32. The summed E-state index contributed by atoms with van der Waals surface area (Å²) in [5, 5.41) is 2.79. The fourth-order valence-electron chi connectivity index (χ4n) is 2.36. The lowest BCUT2D eigenvalue weighted by Gasteiger charge is -2.07. The van der Waals surface area contributed by atoms with Crippen molar-refractivity contribution >= 4 is 11.6 Å². The molecule has 1 amide bonds. The van der Waals surface area contributed by atoms with Crippen molar-refractivity contribution in [2.24, 2.45) is 0 Å². The molecule has 0 radical (unpaired) electrons. The van der Waals surface area contributed by atoms with Gasteiger partial charge >= 0.3 is 0 Å². The average molecular weight is 334 g/mol. The Morgan fingerprint density at radius 2 is 1.84 bits per heavy atom. The van der Waals surface area contributed by atoms with E-state index in [0.29, 0.717) is 34.4 Å². The summed E-state index contributed by atoms with van der Waals surface area (Å²) >= 11 is 0. The second-order valence-electron chi connectivity index (χ2n) is 5.32. The Bertz CT molecular complexity index is 895. The summed E-state index contributed by atoms with van der Waals surface area (Å²) in [5.74, 6) is 2.11. The van der Waals surface area contributed by atoms with Crippen LogP contribution in [0.15, 0.2) is 66.9 Å². The fourth-order valence-corrected chi connectivity index (χ4v) is 2.36. The SMILES string of the molecule is O=C(Nc1ccc(Oc2ccccc2)nc1)c1ccc2c(c1)OCO2. The van der Waals surface area contributed by atoms with Crippen LogP contribution in [0.5, 0.6) is 23.1 Å². The van der Waals surface area contributed by atoms with Crippen LogP contribution in [0, 0.1) is 0 Å². The van der Waals surface area contributed by atoms with Crippen molar-refractivity contribution in [2.75, 3.05) is 12.1 Å². The van der Waals surface area contributed by atoms with Crippen molar-refractivity contribution in [2.45, 2.75) is 0 Å². The molecule has 1 aliphatic heterocycles. The van der Waals surface area contributed by atoms with Crippen molar-refractivity contribution < 1.29 is 19.0 Å². The van der Waals surface area contributed by atoms with Crippen molar-refractivity contribution in [1.82, 2.24) is 4.98 Å². The molecule has 0 unspecified atom stereocenters. The zero-order valence-electron chi connectivity index (χ0n) is 13.1. The van der Waals surface area contributed by atoms with E-state index in [1.807, 2.05) is 30.3 Å². The average Bonchev–Trinajstić information content (AvgIpc) is 3.12. The Balaban J connectivity index is 1.43. The van der Waals surface area contributed by atoms with E-state index >= 15 is 0 Å². The summed E-state index contributed by atoms with van der Waals surface area (Å²) in [6, 6.07) is 17.8. The van der Waals surface area contributed by atoms with E-state index in [1.165, 1.54) is 0 Å². The molecule has 25 heavy (non-hydrogen) atoms. The first kappa shape index (κ1) is 15.0. The Kier molecular flexibility index (Phi) is 3.92. The summed E-state index contributed by atoms with van der Waals surface area (Å²) in [6.45, 7) is 0.174. The quantitative estimate of drug-likeness (QED) is 0.785. The molecule has 2 heterocycles. The molecule has 1 N–H and O–H groups in total. The molecular weight excluding hydrogens is 320 g/mol. The highest BCUT2D eigenvalue weighted by Gasteiger charge is 2.16. The third-order valence-electron chi connectivity index (χ3n) is 3.59. The molecule has 0 bridgehead atoms. The summed E-state index contributed by atoms with van der Waals surface area (Å²) in [5.41, 5.74) is 1.05. The van der Waals surface area contributed by atoms with Gasteiger partial charge in [0.1, 0.15) is 5.75 Å². The summed E-state index contributed by atoms with van der Waals surface area (Å²) in [6.07, 6.45) is 1.54. The predicted octanol–water partition coefficient (Wildman–Crippen LogP) is 3.85. The number of para-hydroxylation sites is 1. The number of anilines is 1. The molecule has 4 rings (SSSR count). The maximum Gasteiger partial charge on any atom is 0.255 e. The molecule has 0 saturated heterocycles. The van der Waals surface area contributed by atoms with Gasteiger partial charge in [-0.2, -0.15) is 0 Å². The molecule has 0 spiro atoms. The molecule has 124 valence electrons. The van der Waals surface area contributed by atoms with E-state index in [0.717, 1.165) is 0 Å². The van der Waals surface area contributed by atoms with Gasteiger partial charge in [-0.1, -0.05) is 18.2 Å². The van der Waals surface area contributed by atoms with Gasteiger partial charge in [0.15, 0.2) is 11.5 Å². The number of fused-ring (bicyclic) bond motifs is 1. The molecule has 6 nitrogen and oxygen atoms in total. The molecule has 2 aromatic carbocycles. The van der Waals surface area contributed by atoms with Crippen molar-refractivity contribution in [3.05, 3.63) is 72.4 Å². The molecule has 3 aromatic rings. The molecule has 6 heteroatoms. The molecule has 0 fully saturated rings. The number of rotatable bonds is 4. The lowest BCUT2D eigenvalue weighted by Crippen LogP contribution is -2.11. The highest BCUT2D eigenvalue weighted by Crippen LogP contribution is 2.32. The van der Waals surface area contributed by atoms with Gasteiger partial charge in [0.2, 0.25) is 12.7 Å². The highest BCUT2D eigenvalue weighted by molar-refractivity contribution is 6.04. The standard InChI is InChI=1S/C19H14N2O4/c22-19(13-6-8-16-17(10-13)24-12-23-16)21-14-7-9-18(20-11-14)25-15-4-2-1-3-5-15/h1-11H,12H2,(H,21,22). The summed E-state index contributed by atoms with van der Waals surface area (Å²) in [7, 11) is 0. The predicted molar refractivity (Wildman–Crippen MR) is 91.3 cm³/mol. The van der Waals surface area contributed by atoms with Crippen LogP contribution in [0.1, 0.15) is 10.4 Å². The van der Waals surface area contributed by atoms with Crippen LogP contribution in [-0.4, -0.2) is 17.7 Å². The zero-order chi connectivity index (χ0) is 17.1. The number of nitrogens with one attached hydrogen (secondary N) is 1. The molecule has 0 saturated carbocycles. The van der Waals surface area contributed by atoms with Crippen molar-refractivity contribution in [3.8, 4) is 23.1 Å². The normalized spacial score (nSPS) is 11.8. The third kappa shape index (κ3) is 3.37. The Hall–Kier alpha value is -3.54. The third-order valence-corrected chi connectivity index (χ3v) is 3.59. The molecule has 0 aliphatic carbocycles. The van der Waals surface area contributed by atoms with E-state index in [2.05, 4.69) is 10.3 Å². The topological polar surface area (TPSA) is 69.7 Å². The minimum atomic E-state index is -0.253. The monoisotopic (exact) mass is 334 g/mol. The van der Waals surface area contributed by atoms with Crippen LogP contribution >= 0.6 is 0 Å². The number of ether oxygens (including phenoxy) is 3. The van der Waals surface area contributed by atoms with E-state index in [9.17, 15) is 4.79 Å². The van der Waals surface area contributed by atoms with Gasteiger partial charge in [-0.25, -0.2) is 4.98 Å². The van der Waals surface area contributed by atoms with E-state index in [4.69, 9.17) is 14.2 Å². The largest absolute Gasteiger partial charge is 0.454 e. The van der Waals surface area contributed by atoms with Gasteiger partial charge in [-0.05, 0) is 36.4 Å². The summed E-state index contributed by atoms with van der Waals surface area (Å²) < 4.78 is 16.1. The van der Waals surface area contributed by atoms with Crippen molar-refractivity contribution in [1.29, 1.82) is 0 Å². The number of amides is 1. The number of benzene rings is 2. The number of hydrogen-bond acceptors (Lipinski definition) is 5. The molecule has 1 aliphatic rings. The van der Waals surface area contributed by atoms with Crippen LogP contribution in [-0.2, 0) is 0 Å². The van der Waals surface area contributed by atoms with Crippen molar-refractivity contribution in [3.63, 3.8) is 0 Å². The number of aromatic nitrogens is 1. The number of carbonyl (C=O) groups is 1. The Morgan fingerprint density at radius 1 is 1.00 bits per heavy atom. The number of pyridine rings is 1. The van der Waals surface area contributed by atoms with E-state index < -0.39 is 0 Å². The first-order valence-corrected chi connectivity index (χ1v) is 7.68. The lowest BCUT2D eigenvalue weighted by atomic mass is 10.2. The maximum atomic E-state index is 12.3. The molecular formula is C19H14N2O4. The van der Waals surface area contributed by atoms with E-state index in [1.54, 1.807) is 36.5 Å². The van der Waals surface area contributed by atoms with Gasteiger partial charge in [-0.15, -0.1) is 0 Å². The first-order valence-electron chi connectivity index (χ1n) is 7.68. The number of hydrogen-bond donors (Lipinski definition) is 1. The van der Waals surface area contributed by atoms with Crippen LogP contribution < -0.4 is 19.5 Å². The van der Waals surface area contributed by atoms with Crippen LogP contribution in [0.25, 0.3) is 0 Å². The fraction of sp³-hybridized carbons (Fsp3) is 0.0526. The van der Waals surface area contributed by atoms with Gasteiger partial charge < -0.3 is 19.5 Å². The van der Waals surface area contributed by atoms with Gasteiger partial charge in [-0.3, -0.25) is 4.79 Å². The summed E-state index contributed by atoms with van der Waals surface area (Å²) in [4.78, 5) is 16.5. The Morgan fingerprint density at radius 3 is 2.64 bits per heavy atom. The van der Waals surface area contributed by atoms with E-state index in [-0.39, 0.29) is 12.7 Å². The zero-order valence-corrected chi connectivity index (χ0v) is 13.1. The maximum absolute atomic E-state index is 12.3. The van der Waals surface area contributed by atoms with Gasteiger partial charge in [0.05, 0.1) is 11.9 Å². The van der Waals surface area contributed by atoms with Crippen LogP contribution in [0.2, 0.25) is 0 Å². The van der Waals surface area contributed by atoms with Crippen LogP contribution in [0.4, 0.5) is 5.69 Å². The number of carbonyl (C=O) groups excluding carboxylic acids is 1. The molecule has 1 aromatic heterocycles. The minimum Gasteiger partial charge on any atom is -0.454 e. The van der Waals surface area contributed by atoms with Gasteiger partial charge in [0, 0.05) is 11.6 Å². The molecule has 0 atom stereocenters. The Labute approximate surface area is 144 Å². The second kappa shape index (κ2) is 6.52. The lowest BCUT2D eigenvalue weighted by molar-refractivity contribution is 0.102. The smallest absolute Gasteiger partial charge is 0.255 e. The number of nitrogens with zero attached hydrogens (tertiary/aromatic N) is 1. The first-order chi connectivity index (χ1) is 12.3. The highest BCUT2D eigenvalue weighted by atomic mass is 16.7.